The van der Waals surface area contributed by atoms with Gasteiger partial charge in [-0.25, -0.2) is 0 Å². The van der Waals surface area contributed by atoms with E-state index in [1.54, 1.807) is 11.1 Å². The number of aryl methyl sites for hydroxylation is 1. The van der Waals surface area contributed by atoms with E-state index in [1.165, 1.54) is 111 Å². The molecule has 0 spiro atoms. The molecular formula is C30H43Br. The van der Waals surface area contributed by atoms with E-state index in [0.717, 1.165) is 0 Å². The first-order chi connectivity index (χ1) is 15.1. The Labute approximate surface area is 200 Å². The van der Waals surface area contributed by atoms with E-state index in [-0.39, 0.29) is 5.41 Å². The van der Waals surface area contributed by atoms with Gasteiger partial charge in [-0.2, -0.15) is 0 Å². The minimum absolute atomic E-state index is 0.204. The normalized spacial score (nSPS) is 13.9. The largest absolute Gasteiger partial charge is 0.0654 e. The maximum Gasteiger partial charge on any atom is 0.0215 e. The number of benzene rings is 2. The molecule has 0 aromatic heterocycles. The lowest BCUT2D eigenvalue weighted by Gasteiger charge is -2.33. The van der Waals surface area contributed by atoms with E-state index in [0.29, 0.717) is 0 Å². The highest BCUT2D eigenvalue weighted by Crippen LogP contribution is 2.55. The van der Waals surface area contributed by atoms with Crippen molar-refractivity contribution >= 4 is 15.9 Å². The zero-order chi connectivity index (χ0) is 22.1. The van der Waals surface area contributed by atoms with Gasteiger partial charge in [0.1, 0.15) is 0 Å². The molecule has 0 N–H and O–H groups in total. The fraction of sp³-hybridized carbons (Fsp3) is 0.600. The van der Waals surface area contributed by atoms with E-state index in [2.05, 4.69) is 73.1 Å². The molecule has 0 nitrogen and oxygen atoms in total. The molecule has 31 heavy (non-hydrogen) atoms. The van der Waals surface area contributed by atoms with Crippen molar-refractivity contribution < 1.29 is 0 Å². The molecule has 1 heteroatoms. The van der Waals surface area contributed by atoms with Crippen LogP contribution in [0.1, 0.15) is 120 Å². The Hall–Kier alpha value is -1.08. The second kappa shape index (κ2) is 12.2. The summed E-state index contributed by atoms with van der Waals surface area (Å²) in [5.41, 5.74) is 7.78. The van der Waals surface area contributed by atoms with Crippen molar-refractivity contribution in [2.75, 3.05) is 0 Å². The Morgan fingerprint density at radius 1 is 0.613 bits per heavy atom. The van der Waals surface area contributed by atoms with Gasteiger partial charge in [0.25, 0.3) is 0 Å². The van der Waals surface area contributed by atoms with Gasteiger partial charge < -0.3 is 0 Å². The third-order valence-corrected chi connectivity index (χ3v) is 7.89. The van der Waals surface area contributed by atoms with Gasteiger partial charge in [-0.15, -0.1) is 0 Å². The zero-order valence-corrected chi connectivity index (χ0v) is 21.8. The van der Waals surface area contributed by atoms with Crippen LogP contribution in [0.4, 0.5) is 0 Å². The number of hydrogen-bond donors (Lipinski definition) is 0. The Balaban J connectivity index is 1.85. The molecule has 170 valence electrons. The first kappa shape index (κ1) is 24.6. The monoisotopic (exact) mass is 482 g/mol. The fourth-order valence-electron chi connectivity index (χ4n) is 5.66. The molecule has 0 saturated carbocycles. The summed E-state index contributed by atoms with van der Waals surface area (Å²) in [6.45, 7) is 6.88. The smallest absolute Gasteiger partial charge is 0.0215 e. The topological polar surface area (TPSA) is 0 Å². The van der Waals surface area contributed by atoms with Gasteiger partial charge in [0.15, 0.2) is 0 Å². The van der Waals surface area contributed by atoms with Gasteiger partial charge in [0.2, 0.25) is 0 Å². The number of fused-ring (bicyclic) bond motifs is 3. The standard InChI is InChI=1S/C30H43Br/c1-4-6-8-10-12-14-20-30(21-15-13-11-9-7-5-2)28-22-24(3)16-18-26(28)27-19-17-25(31)23-29(27)30/h16-19,22-23H,4-15,20-21H2,1-3H3. The number of halogens is 1. The van der Waals surface area contributed by atoms with Gasteiger partial charge in [-0.3, -0.25) is 0 Å². The van der Waals surface area contributed by atoms with Crippen LogP contribution < -0.4 is 0 Å². The Kier molecular flexibility index (Phi) is 9.70. The average molecular weight is 484 g/mol. The predicted octanol–water partition coefficient (Wildman–Crippen LogP) is 10.5. The van der Waals surface area contributed by atoms with Crippen LogP contribution in [-0.4, -0.2) is 0 Å². The van der Waals surface area contributed by atoms with Crippen LogP contribution in [0.5, 0.6) is 0 Å². The van der Waals surface area contributed by atoms with Crippen LogP contribution >= 0.6 is 15.9 Å². The number of unbranched alkanes of at least 4 members (excludes halogenated alkanes) is 10. The lowest BCUT2D eigenvalue weighted by atomic mass is 9.70. The van der Waals surface area contributed by atoms with Gasteiger partial charge in [-0.1, -0.05) is 137 Å². The summed E-state index contributed by atoms with van der Waals surface area (Å²) in [5.74, 6) is 0. The van der Waals surface area contributed by atoms with E-state index in [4.69, 9.17) is 0 Å². The molecule has 0 saturated heterocycles. The molecule has 1 aliphatic rings. The van der Waals surface area contributed by atoms with Crippen LogP contribution in [0.3, 0.4) is 0 Å². The minimum atomic E-state index is 0.204. The van der Waals surface area contributed by atoms with Crippen LogP contribution in [-0.2, 0) is 5.41 Å². The fourth-order valence-corrected chi connectivity index (χ4v) is 6.02. The lowest BCUT2D eigenvalue weighted by molar-refractivity contribution is 0.397. The maximum absolute atomic E-state index is 3.80. The third kappa shape index (κ3) is 6.04. The van der Waals surface area contributed by atoms with Crippen molar-refractivity contribution in [2.45, 2.75) is 116 Å². The Morgan fingerprint density at radius 3 is 1.68 bits per heavy atom. The highest BCUT2D eigenvalue weighted by Gasteiger charge is 2.42. The zero-order valence-electron chi connectivity index (χ0n) is 20.2. The predicted molar refractivity (Wildman–Crippen MR) is 141 cm³/mol. The molecule has 0 fully saturated rings. The molecule has 0 bridgehead atoms. The Bertz CT molecular complexity index is 750. The van der Waals surface area contributed by atoms with Crippen molar-refractivity contribution in [3.63, 3.8) is 0 Å². The van der Waals surface area contributed by atoms with Gasteiger partial charge >= 0.3 is 0 Å². The average Bonchev–Trinajstić information content (AvgIpc) is 3.02. The van der Waals surface area contributed by atoms with Gasteiger partial charge in [0.05, 0.1) is 0 Å². The van der Waals surface area contributed by atoms with Gasteiger partial charge in [0, 0.05) is 9.89 Å². The molecule has 2 aromatic rings. The van der Waals surface area contributed by atoms with Crippen LogP contribution in [0.15, 0.2) is 40.9 Å². The maximum atomic E-state index is 3.80. The second-order valence-electron chi connectivity index (χ2n) is 9.86. The second-order valence-corrected chi connectivity index (χ2v) is 10.8. The molecule has 0 radical (unpaired) electrons. The molecule has 0 unspecified atom stereocenters. The lowest BCUT2D eigenvalue weighted by Crippen LogP contribution is -2.25. The summed E-state index contributed by atoms with van der Waals surface area (Å²) in [7, 11) is 0. The quantitative estimate of drug-likeness (QED) is 0.234. The number of rotatable bonds is 14. The third-order valence-electron chi connectivity index (χ3n) is 7.39. The highest BCUT2D eigenvalue weighted by atomic mass is 79.9. The summed E-state index contributed by atoms with van der Waals surface area (Å²) >= 11 is 3.80. The van der Waals surface area contributed by atoms with E-state index in [9.17, 15) is 0 Å². The van der Waals surface area contributed by atoms with Gasteiger partial charge in [-0.05, 0) is 54.2 Å². The van der Waals surface area contributed by atoms with E-state index in [1.807, 2.05) is 0 Å². The van der Waals surface area contributed by atoms with Crippen LogP contribution in [0.25, 0.3) is 11.1 Å². The molecule has 0 atom stereocenters. The van der Waals surface area contributed by atoms with Crippen molar-refractivity contribution in [2.24, 2.45) is 0 Å². The summed E-state index contributed by atoms with van der Waals surface area (Å²) in [4.78, 5) is 0. The molecule has 1 aliphatic carbocycles. The summed E-state index contributed by atoms with van der Waals surface area (Å²) in [6, 6.07) is 14.2. The summed E-state index contributed by atoms with van der Waals surface area (Å²) < 4.78 is 1.23. The molecular weight excluding hydrogens is 440 g/mol. The van der Waals surface area contributed by atoms with E-state index < -0.39 is 0 Å². The number of hydrogen-bond acceptors (Lipinski definition) is 0. The molecule has 3 rings (SSSR count). The van der Waals surface area contributed by atoms with Crippen LogP contribution in [0, 0.1) is 6.92 Å². The van der Waals surface area contributed by atoms with Crippen molar-refractivity contribution in [1.82, 2.24) is 0 Å². The summed E-state index contributed by atoms with van der Waals surface area (Å²) in [5, 5.41) is 0. The Morgan fingerprint density at radius 2 is 1.10 bits per heavy atom. The minimum Gasteiger partial charge on any atom is -0.0654 e. The summed E-state index contributed by atoms with van der Waals surface area (Å²) in [6.07, 6.45) is 19.1. The first-order valence-corrected chi connectivity index (χ1v) is 13.8. The molecule has 0 amide bonds. The first-order valence-electron chi connectivity index (χ1n) is 13.0. The molecule has 0 aliphatic heterocycles. The van der Waals surface area contributed by atoms with E-state index >= 15 is 0 Å². The van der Waals surface area contributed by atoms with Crippen molar-refractivity contribution in [1.29, 1.82) is 0 Å². The van der Waals surface area contributed by atoms with Crippen LogP contribution in [0.2, 0.25) is 0 Å². The molecule has 0 heterocycles. The SMILES string of the molecule is CCCCCCCCC1(CCCCCCCC)c2cc(C)ccc2-c2ccc(Br)cc21. The van der Waals surface area contributed by atoms with Crippen molar-refractivity contribution in [3.05, 3.63) is 57.6 Å². The highest BCUT2D eigenvalue weighted by molar-refractivity contribution is 9.10. The molecule has 2 aromatic carbocycles. The van der Waals surface area contributed by atoms with Crippen molar-refractivity contribution in [3.8, 4) is 11.1 Å².